The fourth-order valence-electron chi connectivity index (χ4n) is 3.51. The van der Waals surface area contributed by atoms with Crippen molar-refractivity contribution in [3.8, 4) is 5.75 Å². The fraction of sp³-hybridized carbons (Fsp3) is 0.625. The third kappa shape index (κ3) is 3.85. The molecule has 1 aliphatic heterocycles. The molecule has 1 unspecified atom stereocenters. The largest absolute Gasteiger partial charge is 0.497 e. The monoisotopic (exact) mass is 386 g/mol. The van der Waals surface area contributed by atoms with Crippen LogP contribution in [0.3, 0.4) is 0 Å². The summed E-state index contributed by atoms with van der Waals surface area (Å²) in [5, 5.41) is 0. The van der Waals surface area contributed by atoms with E-state index in [0.29, 0.717) is 6.61 Å². The van der Waals surface area contributed by atoms with Crippen LogP contribution in [0, 0.1) is 0 Å². The van der Waals surface area contributed by atoms with Crippen LogP contribution in [0.4, 0.5) is 0 Å². The van der Waals surface area contributed by atoms with Crippen LogP contribution >= 0.6 is 0 Å². The van der Waals surface area contributed by atoms with Crippen molar-refractivity contribution in [2.75, 3.05) is 13.7 Å². The first-order chi connectivity index (χ1) is 11.0. The Morgan fingerprint density at radius 1 is 1.00 bits per heavy atom. The van der Waals surface area contributed by atoms with Crippen molar-refractivity contribution in [1.82, 2.24) is 0 Å². The third-order valence-corrected chi connectivity index (χ3v) is 15.0. The molecule has 0 aliphatic carbocycles. The van der Waals surface area contributed by atoms with Gasteiger partial charge in [0.25, 0.3) is 0 Å². The van der Waals surface area contributed by atoms with Gasteiger partial charge in [-0.3, -0.25) is 0 Å². The van der Waals surface area contributed by atoms with E-state index in [-0.39, 0.29) is 0 Å². The number of methoxy groups -OCH3 is 1. The summed E-state index contributed by atoms with van der Waals surface area (Å²) in [4.78, 5) is 0. The Labute approximate surface area is 148 Å². The highest BCUT2D eigenvalue weighted by molar-refractivity contribution is 6.89. The lowest BCUT2D eigenvalue weighted by Gasteiger charge is -2.45. The standard InChI is InChI=1S/C16H30O5Si3/c1-9-18-16(14-11-10-12-15(13-14)17-2)19-23(5,6)21-24(7,8)20-22(16,3)4/h10-13H,9H2,1-8H3. The number of hydrogen-bond acceptors (Lipinski definition) is 5. The first kappa shape index (κ1) is 19.8. The quantitative estimate of drug-likeness (QED) is 0.729. The van der Waals surface area contributed by atoms with Gasteiger partial charge in [-0.05, 0) is 58.3 Å². The van der Waals surface area contributed by atoms with Crippen molar-refractivity contribution in [3.63, 3.8) is 0 Å². The summed E-state index contributed by atoms with van der Waals surface area (Å²) in [7, 11) is -5.55. The van der Waals surface area contributed by atoms with Crippen LogP contribution in [0.5, 0.6) is 5.75 Å². The van der Waals surface area contributed by atoms with E-state index in [0.717, 1.165) is 11.3 Å². The number of hydrogen-bond donors (Lipinski definition) is 0. The van der Waals surface area contributed by atoms with E-state index in [1.165, 1.54) is 0 Å². The van der Waals surface area contributed by atoms with Gasteiger partial charge in [-0.15, -0.1) is 0 Å². The SMILES string of the molecule is CCOC1(c2cccc(OC)c2)O[Si](C)(C)O[Si](C)(C)O[Si]1(C)C. The molecular weight excluding hydrogens is 356 g/mol. The smallest absolute Gasteiger partial charge is 0.325 e. The molecule has 1 atom stereocenters. The van der Waals surface area contributed by atoms with Crippen molar-refractivity contribution in [1.29, 1.82) is 0 Å². The van der Waals surface area contributed by atoms with Crippen LogP contribution in [-0.2, 0) is 22.8 Å². The van der Waals surface area contributed by atoms with Crippen LogP contribution in [0.2, 0.25) is 39.3 Å². The zero-order chi connectivity index (χ0) is 18.2. The van der Waals surface area contributed by atoms with E-state index in [4.69, 9.17) is 22.1 Å². The molecule has 136 valence electrons. The second kappa shape index (κ2) is 6.67. The van der Waals surface area contributed by atoms with E-state index < -0.39 is 30.8 Å². The maximum Gasteiger partial charge on any atom is 0.325 e. The summed E-state index contributed by atoms with van der Waals surface area (Å²) in [6, 6.07) is 7.90. The lowest BCUT2D eigenvalue weighted by Crippen LogP contribution is -2.60. The molecule has 1 aromatic carbocycles. The van der Waals surface area contributed by atoms with Gasteiger partial charge in [-0.2, -0.15) is 0 Å². The lowest BCUT2D eigenvalue weighted by molar-refractivity contribution is -0.147. The lowest BCUT2D eigenvalue weighted by atomic mass is 10.2. The van der Waals surface area contributed by atoms with E-state index in [2.05, 4.69) is 39.3 Å². The molecule has 0 N–H and O–H groups in total. The summed E-state index contributed by atoms with van der Waals surface area (Å²) >= 11 is 0. The molecule has 1 aromatic rings. The van der Waals surface area contributed by atoms with Crippen molar-refractivity contribution in [3.05, 3.63) is 29.8 Å². The van der Waals surface area contributed by atoms with Gasteiger partial charge < -0.3 is 22.1 Å². The fourth-order valence-corrected chi connectivity index (χ4v) is 18.3. The molecule has 1 heterocycles. The van der Waals surface area contributed by atoms with E-state index in [9.17, 15) is 0 Å². The highest BCUT2D eigenvalue weighted by Crippen LogP contribution is 2.45. The molecule has 0 radical (unpaired) electrons. The van der Waals surface area contributed by atoms with Gasteiger partial charge in [0, 0.05) is 12.2 Å². The maximum atomic E-state index is 6.67. The molecule has 0 saturated carbocycles. The Morgan fingerprint density at radius 2 is 1.67 bits per heavy atom. The molecule has 1 aliphatic rings. The van der Waals surface area contributed by atoms with Gasteiger partial charge in [-0.1, -0.05) is 12.1 Å². The van der Waals surface area contributed by atoms with Crippen LogP contribution < -0.4 is 4.74 Å². The van der Waals surface area contributed by atoms with Crippen molar-refractivity contribution >= 4 is 25.4 Å². The highest BCUT2D eigenvalue weighted by Gasteiger charge is 2.61. The van der Waals surface area contributed by atoms with Gasteiger partial charge in [-0.25, -0.2) is 0 Å². The first-order valence-corrected chi connectivity index (χ1v) is 16.9. The molecule has 5 nitrogen and oxygen atoms in total. The second-order valence-corrected chi connectivity index (χ2v) is 18.5. The van der Waals surface area contributed by atoms with Gasteiger partial charge >= 0.3 is 17.1 Å². The molecule has 1 fully saturated rings. The minimum absolute atomic E-state index is 0.531. The summed E-state index contributed by atoms with van der Waals surface area (Å²) < 4.78 is 31.4. The Bertz CT molecular complexity index is 591. The zero-order valence-corrected chi connectivity index (χ0v) is 19.1. The Kier molecular flexibility index (Phi) is 5.51. The van der Waals surface area contributed by atoms with Crippen LogP contribution in [0.25, 0.3) is 0 Å². The molecule has 1 saturated heterocycles. The predicted molar refractivity (Wildman–Crippen MR) is 102 cm³/mol. The van der Waals surface area contributed by atoms with Crippen LogP contribution in [0.15, 0.2) is 24.3 Å². The second-order valence-electron chi connectivity index (χ2n) is 7.40. The molecule has 8 heteroatoms. The molecular formula is C16H30O5Si3. The van der Waals surface area contributed by atoms with Crippen LogP contribution in [-0.4, -0.2) is 39.2 Å². The zero-order valence-electron chi connectivity index (χ0n) is 16.1. The first-order valence-electron chi connectivity index (χ1n) is 8.36. The number of ether oxygens (including phenoxy) is 2. The third-order valence-electron chi connectivity index (χ3n) is 3.97. The topological polar surface area (TPSA) is 46.2 Å². The van der Waals surface area contributed by atoms with E-state index in [1.54, 1.807) is 7.11 Å². The average molecular weight is 387 g/mol. The Balaban J connectivity index is 2.66. The van der Waals surface area contributed by atoms with Crippen molar-refractivity contribution in [2.45, 2.75) is 51.6 Å². The molecule has 0 aromatic heterocycles. The Hall–Kier alpha value is -0.489. The minimum atomic E-state index is -2.47. The van der Waals surface area contributed by atoms with Gasteiger partial charge in [0.15, 0.2) is 5.41 Å². The average Bonchev–Trinajstić information content (AvgIpc) is 2.48. The Morgan fingerprint density at radius 3 is 2.25 bits per heavy atom. The summed E-state index contributed by atoms with van der Waals surface area (Å²) in [6.07, 6.45) is 0. The summed E-state index contributed by atoms with van der Waals surface area (Å²) in [6.45, 7) is 15.1. The van der Waals surface area contributed by atoms with Gasteiger partial charge in [0.2, 0.25) is 8.32 Å². The minimum Gasteiger partial charge on any atom is -0.497 e. The summed E-state index contributed by atoms with van der Waals surface area (Å²) in [5.74, 6) is 0.779. The molecule has 24 heavy (non-hydrogen) atoms. The van der Waals surface area contributed by atoms with Crippen molar-refractivity contribution in [2.24, 2.45) is 0 Å². The summed E-state index contributed by atoms with van der Waals surface area (Å²) in [5.41, 5.74) is 0.0310. The van der Waals surface area contributed by atoms with Gasteiger partial charge in [0.1, 0.15) is 5.75 Å². The van der Waals surface area contributed by atoms with Crippen molar-refractivity contribution < 1.29 is 22.1 Å². The van der Waals surface area contributed by atoms with Crippen LogP contribution in [0.1, 0.15) is 12.5 Å². The molecule has 0 amide bonds. The number of benzene rings is 1. The highest BCUT2D eigenvalue weighted by atomic mass is 28.5. The normalized spacial score (nSPS) is 28.2. The molecule has 0 bridgehead atoms. The predicted octanol–water partition coefficient (Wildman–Crippen LogP) is 4.10. The molecule has 2 rings (SSSR count). The van der Waals surface area contributed by atoms with E-state index >= 15 is 0 Å². The van der Waals surface area contributed by atoms with E-state index in [1.807, 2.05) is 31.2 Å². The maximum absolute atomic E-state index is 6.67. The number of rotatable bonds is 4. The molecule has 0 spiro atoms. The van der Waals surface area contributed by atoms with Gasteiger partial charge in [0.05, 0.1) is 7.11 Å².